The van der Waals surface area contributed by atoms with Crippen LogP contribution in [0.1, 0.15) is 26.3 Å². The van der Waals surface area contributed by atoms with E-state index in [1.165, 1.54) is 0 Å². The van der Waals surface area contributed by atoms with Gasteiger partial charge in [0.05, 0.1) is 10.7 Å². The quantitative estimate of drug-likeness (QED) is 0.741. The number of nitrogen functional groups attached to an aromatic ring is 1. The zero-order valence-electron chi connectivity index (χ0n) is 10.0. The molecule has 1 aromatic rings. The van der Waals surface area contributed by atoms with Crippen molar-refractivity contribution in [2.45, 2.75) is 27.7 Å². The maximum absolute atomic E-state index is 11.8. The van der Waals surface area contributed by atoms with Crippen LogP contribution < -0.4 is 11.1 Å². The number of anilines is 2. The Labute approximate surface area is 101 Å². The van der Waals surface area contributed by atoms with Crippen LogP contribution in [-0.4, -0.2) is 5.91 Å². The van der Waals surface area contributed by atoms with Gasteiger partial charge in [-0.2, -0.15) is 0 Å². The zero-order valence-corrected chi connectivity index (χ0v) is 10.8. The average Bonchev–Trinajstić information content (AvgIpc) is 2.08. The van der Waals surface area contributed by atoms with Crippen molar-refractivity contribution >= 4 is 28.9 Å². The number of nitrogens with two attached hydrogens (primary N) is 1. The highest BCUT2D eigenvalue weighted by atomic mass is 35.5. The van der Waals surface area contributed by atoms with E-state index >= 15 is 0 Å². The predicted molar refractivity (Wildman–Crippen MR) is 68.7 cm³/mol. The monoisotopic (exact) mass is 240 g/mol. The molecule has 0 fully saturated rings. The van der Waals surface area contributed by atoms with Crippen molar-refractivity contribution in [3.63, 3.8) is 0 Å². The van der Waals surface area contributed by atoms with Crippen LogP contribution in [0.4, 0.5) is 11.4 Å². The first kappa shape index (κ1) is 12.8. The lowest BCUT2D eigenvalue weighted by Gasteiger charge is -2.19. The van der Waals surface area contributed by atoms with E-state index in [2.05, 4.69) is 5.32 Å². The average molecular weight is 241 g/mol. The van der Waals surface area contributed by atoms with Crippen LogP contribution in [0.15, 0.2) is 12.1 Å². The fraction of sp³-hybridized carbons (Fsp3) is 0.417. The first-order chi connectivity index (χ1) is 7.21. The van der Waals surface area contributed by atoms with Crippen LogP contribution in [0.25, 0.3) is 0 Å². The van der Waals surface area contributed by atoms with E-state index < -0.39 is 5.41 Å². The molecule has 0 bridgehead atoms. The second-order valence-electron chi connectivity index (χ2n) is 4.90. The predicted octanol–water partition coefficient (Wildman–Crippen LogP) is 3.22. The Morgan fingerprint density at radius 2 is 1.94 bits per heavy atom. The number of halogens is 1. The minimum absolute atomic E-state index is 0.0673. The van der Waals surface area contributed by atoms with Crippen molar-refractivity contribution in [3.05, 3.63) is 22.7 Å². The molecule has 0 heterocycles. The van der Waals surface area contributed by atoms with Crippen LogP contribution >= 0.6 is 11.6 Å². The maximum atomic E-state index is 11.8. The Bertz CT molecular complexity index is 399. The maximum Gasteiger partial charge on any atom is 0.229 e. The first-order valence-electron chi connectivity index (χ1n) is 5.09. The molecule has 0 unspecified atom stereocenters. The second kappa shape index (κ2) is 4.34. The SMILES string of the molecule is Cc1cc(N)cc(Cl)c1NC(=O)C(C)(C)C. The zero-order chi connectivity index (χ0) is 12.5. The summed E-state index contributed by atoms with van der Waals surface area (Å²) in [4.78, 5) is 11.8. The molecular formula is C12H17ClN2O. The third-order valence-corrected chi connectivity index (χ3v) is 2.53. The van der Waals surface area contributed by atoms with Gasteiger partial charge in [0, 0.05) is 11.1 Å². The molecule has 0 aliphatic rings. The molecule has 88 valence electrons. The van der Waals surface area contributed by atoms with Gasteiger partial charge in [-0.05, 0) is 24.6 Å². The highest BCUT2D eigenvalue weighted by Crippen LogP contribution is 2.30. The van der Waals surface area contributed by atoms with Crippen LogP contribution in [0.3, 0.4) is 0 Å². The van der Waals surface area contributed by atoms with Gasteiger partial charge in [0.25, 0.3) is 0 Å². The summed E-state index contributed by atoms with van der Waals surface area (Å²) in [5.41, 5.74) is 7.29. The van der Waals surface area contributed by atoms with Crippen molar-refractivity contribution in [3.8, 4) is 0 Å². The van der Waals surface area contributed by atoms with E-state index in [1.807, 2.05) is 27.7 Å². The molecule has 0 saturated carbocycles. The minimum atomic E-state index is -0.447. The van der Waals surface area contributed by atoms with Gasteiger partial charge < -0.3 is 11.1 Å². The molecule has 1 aromatic carbocycles. The van der Waals surface area contributed by atoms with E-state index in [9.17, 15) is 4.79 Å². The number of benzene rings is 1. The topological polar surface area (TPSA) is 55.1 Å². The number of carbonyl (C=O) groups excluding carboxylic acids is 1. The lowest BCUT2D eigenvalue weighted by Crippen LogP contribution is -2.28. The number of amides is 1. The third-order valence-electron chi connectivity index (χ3n) is 2.23. The molecule has 0 aromatic heterocycles. The Morgan fingerprint density at radius 1 is 1.38 bits per heavy atom. The Kier molecular flexibility index (Phi) is 3.48. The number of hydrogen-bond donors (Lipinski definition) is 2. The molecule has 0 radical (unpaired) electrons. The van der Waals surface area contributed by atoms with Gasteiger partial charge in [-0.15, -0.1) is 0 Å². The van der Waals surface area contributed by atoms with E-state index in [-0.39, 0.29) is 5.91 Å². The van der Waals surface area contributed by atoms with Gasteiger partial charge in [-0.3, -0.25) is 4.79 Å². The smallest absolute Gasteiger partial charge is 0.229 e. The van der Waals surface area contributed by atoms with E-state index in [4.69, 9.17) is 17.3 Å². The lowest BCUT2D eigenvalue weighted by molar-refractivity contribution is -0.123. The molecule has 0 aliphatic heterocycles. The molecule has 1 amide bonds. The summed E-state index contributed by atoms with van der Waals surface area (Å²) in [5.74, 6) is -0.0673. The Hall–Kier alpha value is -1.22. The van der Waals surface area contributed by atoms with Crippen molar-refractivity contribution < 1.29 is 4.79 Å². The highest BCUT2D eigenvalue weighted by Gasteiger charge is 2.22. The minimum Gasteiger partial charge on any atom is -0.399 e. The first-order valence-corrected chi connectivity index (χ1v) is 5.46. The van der Waals surface area contributed by atoms with Crippen molar-refractivity contribution in [1.29, 1.82) is 0 Å². The number of aryl methyl sites for hydroxylation is 1. The third kappa shape index (κ3) is 2.89. The molecule has 3 N–H and O–H groups in total. The van der Waals surface area contributed by atoms with Crippen molar-refractivity contribution in [2.24, 2.45) is 5.41 Å². The van der Waals surface area contributed by atoms with E-state index in [0.717, 1.165) is 5.56 Å². The standard InChI is InChI=1S/C12H17ClN2O/c1-7-5-8(14)6-9(13)10(7)15-11(16)12(2,3)4/h5-6H,14H2,1-4H3,(H,15,16). The fourth-order valence-corrected chi connectivity index (χ4v) is 1.55. The summed E-state index contributed by atoms with van der Waals surface area (Å²) in [7, 11) is 0. The second-order valence-corrected chi connectivity index (χ2v) is 5.31. The van der Waals surface area contributed by atoms with Gasteiger partial charge >= 0.3 is 0 Å². The van der Waals surface area contributed by atoms with Crippen LogP contribution in [0.5, 0.6) is 0 Å². The number of nitrogens with one attached hydrogen (secondary N) is 1. The van der Waals surface area contributed by atoms with Crippen LogP contribution in [0, 0.1) is 12.3 Å². The summed E-state index contributed by atoms with van der Waals surface area (Å²) < 4.78 is 0. The Morgan fingerprint density at radius 3 is 2.38 bits per heavy atom. The van der Waals surface area contributed by atoms with E-state index in [1.54, 1.807) is 12.1 Å². The number of hydrogen-bond acceptors (Lipinski definition) is 2. The molecule has 16 heavy (non-hydrogen) atoms. The number of rotatable bonds is 1. The van der Waals surface area contributed by atoms with Gasteiger partial charge in [0.2, 0.25) is 5.91 Å². The summed E-state index contributed by atoms with van der Waals surface area (Å²) in [6, 6.07) is 3.41. The van der Waals surface area contributed by atoms with Crippen LogP contribution in [0.2, 0.25) is 5.02 Å². The molecule has 0 aliphatic carbocycles. The van der Waals surface area contributed by atoms with Gasteiger partial charge in [-0.1, -0.05) is 32.4 Å². The number of carbonyl (C=O) groups is 1. The van der Waals surface area contributed by atoms with Crippen LogP contribution in [-0.2, 0) is 4.79 Å². The molecular weight excluding hydrogens is 224 g/mol. The Balaban J connectivity index is 3.03. The molecule has 0 atom stereocenters. The normalized spacial score (nSPS) is 11.3. The highest BCUT2D eigenvalue weighted by molar-refractivity contribution is 6.34. The molecule has 0 spiro atoms. The summed E-state index contributed by atoms with van der Waals surface area (Å²) in [6.45, 7) is 7.41. The van der Waals surface area contributed by atoms with Gasteiger partial charge in [0.15, 0.2) is 0 Å². The summed E-state index contributed by atoms with van der Waals surface area (Å²) in [6.07, 6.45) is 0. The van der Waals surface area contributed by atoms with Crippen molar-refractivity contribution in [2.75, 3.05) is 11.1 Å². The molecule has 3 nitrogen and oxygen atoms in total. The molecule has 0 saturated heterocycles. The summed E-state index contributed by atoms with van der Waals surface area (Å²) in [5, 5.41) is 3.29. The molecule has 1 rings (SSSR count). The van der Waals surface area contributed by atoms with E-state index in [0.29, 0.717) is 16.4 Å². The molecule has 4 heteroatoms. The fourth-order valence-electron chi connectivity index (χ4n) is 1.23. The van der Waals surface area contributed by atoms with Gasteiger partial charge in [0.1, 0.15) is 0 Å². The lowest BCUT2D eigenvalue weighted by atomic mass is 9.95. The van der Waals surface area contributed by atoms with Gasteiger partial charge in [-0.25, -0.2) is 0 Å². The largest absolute Gasteiger partial charge is 0.399 e. The summed E-state index contributed by atoms with van der Waals surface area (Å²) >= 11 is 6.03. The van der Waals surface area contributed by atoms with Crippen molar-refractivity contribution in [1.82, 2.24) is 0 Å².